The average Bonchev–Trinajstić information content (AvgIpc) is 2.69. The van der Waals surface area contributed by atoms with Gasteiger partial charge in [-0.2, -0.15) is 0 Å². The third kappa shape index (κ3) is 4.69. The van der Waals surface area contributed by atoms with Crippen LogP contribution in [0.1, 0.15) is 19.4 Å². The monoisotopic (exact) mass is 402 g/mol. The Labute approximate surface area is 166 Å². The van der Waals surface area contributed by atoms with Crippen molar-refractivity contribution in [3.8, 4) is 0 Å². The van der Waals surface area contributed by atoms with E-state index in [2.05, 4.69) is 15.2 Å². The summed E-state index contributed by atoms with van der Waals surface area (Å²) < 4.78 is 25.1. The molecule has 1 aliphatic rings. The first kappa shape index (κ1) is 20.3. The Hall–Kier alpha value is -2.45. The van der Waals surface area contributed by atoms with E-state index in [1.807, 2.05) is 12.1 Å². The number of para-hydroxylation sites is 1. The minimum absolute atomic E-state index is 0.162. The number of hydrogen-bond donors (Lipinski definition) is 1. The lowest BCUT2D eigenvalue weighted by molar-refractivity contribution is 0.143. The van der Waals surface area contributed by atoms with Crippen LogP contribution in [0, 0.1) is 0 Å². The smallest absolute Gasteiger partial charge is 0.321 e. The second-order valence-corrected chi connectivity index (χ2v) is 9.61. The van der Waals surface area contributed by atoms with Gasteiger partial charge in [0, 0.05) is 45.1 Å². The van der Waals surface area contributed by atoms with Crippen molar-refractivity contribution >= 4 is 21.6 Å². The number of pyridine rings is 1. The summed E-state index contributed by atoms with van der Waals surface area (Å²) in [6.45, 7) is 6.81. The number of amides is 2. The summed E-state index contributed by atoms with van der Waals surface area (Å²) in [5.74, 6) is 0. The van der Waals surface area contributed by atoms with Crippen molar-refractivity contribution in [1.82, 2.24) is 14.8 Å². The van der Waals surface area contributed by atoms with E-state index in [9.17, 15) is 13.2 Å². The van der Waals surface area contributed by atoms with Gasteiger partial charge in [-0.05, 0) is 43.7 Å². The largest absolute Gasteiger partial charge is 0.322 e. The van der Waals surface area contributed by atoms with E-state index in [0.29, 0.717) is 18.8 Å². The predicted octanol–water partition coefficient (Wildman–Crippen LogP) is 2.61. The molecule has 0 spiro atoms. The van der Waals surface area contributed by atoms with E-state index >= 15 is 0 Å². The molecule has 0 radical (unpaired) electrons. The second-order valence-electron chi connectivity index (χ2n) is 7.14. The molecule has 1 N–H and O–H groups in total. The highest BCUT2D eigenvalue weighted by molar-refractivity contribution is 7.92. The average molecular weight is 403 g/mol. The molecule has 1 aromatic heterocycles. The van der Waals surface area contributed by atoms with Gasteiger partial charge in [0.25, 0.3) is 0 Å². The van der Waals surface area contributed by atoms with Crippen molar-refractivity contribution in [1.29, 1.82) is 0 Å². The first-order chi connectivity index (χ1) is 13.4. The quantitative estimate of drug-likeness (QED) is 0.831. The molecule has 2 heterocycles. The molecule has 1 fully saturated rings. The first-order valence-electron chi connectivity index (χ1n) is 9.38. The predicted molar refractivity (Wildman–Crippen MR) is 109 cm³/mol. The van der Waals surface area contributed by atoms with Crippen LogP contribution in [0.4, 0.5) is 10.5 Å². The van der Waals surface area contributed by atoms with Gasteiger partial charge in [0.05, 0.1) is 15.8 Å². The molecule has 8 heteroatoms. The summed E-state index contributed by atoms with van der Waals surface area (Å²) >= 11 is 0. The maximum Gasteiger partial charge on any atom is 0.321 e. The maximum absolute atomic E-state index is 12.7. The molecule has 3 rings (SSSR count). The second kappa shape index (κ2) is 8.70. The Morgan fingerprint density at radius 1 is 1.07 bits per heavy atom. The fourth-order valence-electron chi connectivity index (χ4n) is 3.12. The molecule has 7 nitrogen and oxygen atoms in total. The van der Waals surface area contributed by atoms with Gasteiger partial charge >= 0.3 is 6.03 Å². The molecule has 1 aliphatic heterocycles. The minimum atomic E-state index is -3.47. The zero-order valence-corrected chi connectivity index (χ0v) is 17.0. The van der Waals surface area contributed by atoms with Crippen molar-refractivity contribution in [2.45, 2.75) is 30.5 Å². The Morgan fingerprint density at radius 2 is 1.71 bits per heavy atom. The number of benzene rings is 1. The van der Waals surface area contributed by atoms with Gasteiger partial charge < -0.3 is 10.2 Å². The van der Waals surface area contributed by atoms with Crippen LogP contribution < -0.4 is 5.32 Å². The van der Waals surface area contributed by atoms with E-state index in [4.69, 9.17) is 0 Å². The number of urea groups is 1. The Morgan fingerprint density at radius 3 is 2.36 bits per heavy atom. The summed E-state index contributed by atoms with van der Waals surface area (Å²) in [6.07, 6.45) is 3.56. The van der Waals surface area contributed by atoms with Gasteiger partial charge in [0.15, 0.2) is 9.84 Å². The molecule has 1 saturated heterocycles. The molecule has 0 aliphatic carbocycles. The molecule has 0 saturated carbocycles. The number of rotatable bonds is 5. The number of carbonyl (C=O) groups is 1. The number of carbonyl (C=O) groups excluding carboxylic acids is 1. The molecule has 0 unspecified atom stereocenters. The molecular formula is C20H26N4O3S. The number of aromatic nitrogens is 1. The van der Waals surface area contributed by atoms with Crippen molar-refractivity contribution < 1.29 is 13.2 Å². The lowest BCUT2D eigenvalue weighted by Gasteiger charge is -2.34. The summed E-state index contributed by atoms with van der Waals surface area (Å²) in [5, 5.41) is 2.23. The van der Waals surface area contributed by atoms with E-state index in [1.165, 1.54) is 11.6 Å². The molecule has 150 valence electrons. The fourth-order valence-corrected chi connectivity index (χ4v) is 4.32. The number of sulfone groups is 1. The van der Waals surface area contributed by atoms with Crippen LogP contribution in [0.3, 0.4) is 0 Å². The van der Waals surface area contributed by atoms with E-state index < -0.39 is 15.1 Å². The van der Waals surface area contributed by atoms with Crippen LogP contribution in [0.2, 0.25) is 0 Å². The van der Waals surface area contributed by atoms with Crippen LogP contribution in [0.5, 0.6) is 0 Å². The zero-order chi connectivity index (χ0) is 20.1. The summed E-state index contributed by atoms with van der Waals surface area (Å²) in [4.78, 5) is 20.9. The van der Waals surface area contributed by atoms with Crippen molar-refractivity contribution in [2.24, 2.45) is 0 Å². The van der Waals surface area contributed by atoms with Gasteiger partial charge in [0.2, 0.25) is 0 Å². The normalized spacial score (nSPS) is 15.6. The van der Waals surface area contributed by atoms with Crippen molar-refractivity contribution in [3.63, 3.8) is 0 Å². The van der Waals surface area contributed by atoms with Gasteiger partial charge in [-0.15, -0.1) is 0 Å². The summed E-state index contributed by atoms with van der Waals surface area (Å²) in [6, 6.07) is 10.3. The highest BCUT2D eigenvalue weighted by Crippen LogP contribution is 2.25. The van der Waals surface area contributed by atoms with Crippen LogP contribution >= 0.6 is 0 Å². The van der Waals surface area contributed by atoms with E-state index in [1.54, 1.807) is 49.3 Å². The Balaban J connectivity index is 1.61. The van der Waals surface area contributed by atoms with Gasteiger partial charge in [-0.25, -0.2) is 13.2 Å². The lowest BCUT2D eigenvalue weighted by Crippen LogP contribution is -2.49. The van der Waals surface area contributed by atoms with Crippen LogP contribution in [0.25, 0.3) is 0 Å². The van der Waals surface area contributed by atoms with E-state index in [-0.39, 0.29) is 10.9 Å². The summed E-state index contributed by atoms with van der Waals surface area (Å²) in [7, 11) is -3.47. The molecule has 2 amide bonds. The minimum Gasteiger partial charge on any atom is -0.322 e. The van der Waals surface area contributed by atoms with Crippen LogP contribution in [-0.2, 0) is 16.4 Å². The molecule has 2 aromatic rings. The van der Waals surface area contributed by atoms with Gasteiger partial charge in [-0.3, -0.25) is 9.88 Å². The number of nitrogens with zero attached hydrogens (tertiary/aromatic N) is 3. The number of hydrogen-bond acceptors (Lipinski definition) is 5. The van der Waals surface area contributed by atoms with Gasteiger partial charge in [-0.1, -0.05) is 12.1 Å². The molecule has 0 atom stereocenters. The maximum atomic E-state index is 12.7. The van der Waals surface area contributed by atoms with Crippen LogP contribution in [-0.4, -0.2) is 60.7 Å². The number of anilines is 1. The van der Waals surface area contributed by atoms with Crippen molar-refractivity contribution in [2.75, 3.05) is 31.5 Å². The zero-order valence-electron chi connectivity index (χ0n) is 16.2. The molecular weight excluding hydrogens is 376 g/mol. The molecule has 0 bridgehead atoms. The number of piperazine rings is 1. The number of nitrogens with one attached hydrogen (secondary N) is 1. The fraction of sp³-hybridized carbons (Fsp3) is 0.400. The Bertz CT molecular complexity index is 908. The molecule has 28 heavy (non-hydrogen) atoms. The Kier molecular flexibility index (Phi) is 6.31. The molecule has 1 aromatic carbocycles. The third-order valence-electron chi connectivity index (χ3n) is 4.87. The standard InChI is InChI=1S/C20H26N4O3S/c1-16(2)28(26,27)19-6-4-3-5-18(19)22-20(25)24-13-11-23(12-14-24)15-17-7-9-21-10-8-17/h3-10,16H,11-15H2,1-2H3,(H,22,25). The topological polar surface area (TPSA) is 82.6 Å². The first-order valence-corrected chi connectivity index (χ1v) is 10.9. The third-order valence-corrected chi connectivity index (χ3v) is 7.08. The van der Waals surface area contributed by atoms with Gasteiger partial charge in [0.1, 0.15) is 0 Å². The van der Waals surface area contributed by atoms with Crippen molar-refractivity contribution in [3.05, 3.63) is 54.4 Å². The highest BCUT2D eigenvalue weighted by atomic mass is 32.2. The van der Waals surface area contributed by atoms with E-state index in [0.717, 1.165) is 19.6 Å². The summed E-state index contributed by atoms with van der Waals surface area (Å²) in [5.41, 5.74) is 1.53. The SMILES string of the molecule is CC(C)S(=O)(=O)c1ccccc1NC(=O)N1CCN(Cc2ccncc2)CC1. The van der Waals surface area contributed by atoms with Crippen LogP contribution in [0.15, 0.2) is 53.7 Å². The highest BCUT2D eigenvalue weighted by Gasteiger charge is 2.25. The lowest BCUT2D eigenvalue weighted by atomic mass is 10.2.